The van der Waals surface area contributed by atoms with Crippen LogP contribution < -0.4 is 9.47 Å². The Morgan fingerprint density at radius 1 is 0.966 bits per heavy atom. The number of carbonyl (C=O) groups is 1. The average Bonchev–Trinajstić information content (AvgIpc) is 2.73. The molecule has 0 aliphatic carbocycles. The highest BCUT2D eigenvalue weighted by atomic mass is 79.9. The number of ketones is 1. The summed E-state index contributed by atoms with van der Waals surface area (Å²) in [5, 5.41) is 0. The largest absolute Gasteiger partial charge is 0.490 e. The van der Waals surface area contributed by atoms with E-state index in [0.29, 0.717) is 30.3 Å². The van der Waals surface area contributed by atoms with Gasteiger partial charge in [0.25, 0.3) is 0 Å². The second-order valence-electron chi connectivity index (χ2n) is 6.24. The zero-order valence-corrected chi connectivity index (χ0v) is 19.1. The smallest absolute Gasteiger partial charge is 0.185 e. The fraction of sp³-hybridized carbons (Fsp3) is 0.125. The fourth-order valence-electron chi connectivity index (χ4n) is 2.69. The summed E-state index contributed by atoms with van der Waals surface area (Å²) in [7, 11) is 0. The Balaban J connectivity index is 1.79. The van der Waals surface area contributed by atoms with Crippen LogP contribution in [0.25, 0.3) is 6.08 Å². The van der Waals surface area contributed by atoms with Crippen LogP contribution in [0.5, 0.6) is 11.5 Å². The molecule has 0 saturated heterocycles. The van der Waals surface area contributed by atoms with Crippen molar-refractivity contribution in [3.05, 3.63) is 98.4 Å². The van der Waals surface area contributed by atoms with Crippen molar-refractivity contribution in [1.82, 2.24) is 0 Å². The summed E-state index contributed by atoms with van der Waals surface area (Å²) >= 11 is 7.01. The molecule has 0 radical (unpaired) electrons. The Kier molecular flexibility index (Phi) is 7.67. The molecule has 0 atom stereocenters. The predicted octanol–water partition coefficient (Wildman–Crippen LogP) is 7.09. The lowest BCUT2D eigenvalue weighted by Gasteiger charge is -2.15. The van der Waals surface area contributed by atoms with Crippen molar-refractivity contribution in [2.45, 2.75) is 13.5 Å². The fourth-order valence-corrected chi connectivity index (χ4v) is 3.53. The molecule has 3 aromatic carbocycles. The molecule has 0 heterocycles. The zero-order chi connectivity index (χ0) is 20.6. The lowest BCUT2D eigenvalue weighted by Crippen LogP contribution is -2.01. The minimum atomic E-state index is -0.0461. The number of rotatable bonds is 8. The highest BCUT2D eigenvalue weighted by molar-refractivity contribution is 9.10. The molecule has 0 amide bonds. The summed E-state index contributed by atoms with van der Waals surface area (Å²) in [6, 6.07) is 20.9. The Hall–Kier alpha value is -2.37. The summed E-state index contributed by atoms with van der Waals surface area (Å²) in [6.07, 6.45) is 3.34. The number of hydrogen-bond acceptors (Lipinski definition) is 3. The molecule has 5 heteroatoms. The van der Waals surface area contributed by atoms with Crippen molar-refractivity contribution >= 4 is 43.7 Å². The van der Waals surface area contributed by atoms with Crippen molar-refractivity contribution < 1.29 is 14.3 Å². The molecule has 0 aliphatic heterocycles. The summed E-state index contributed by atoms with van der Waals surface area (Å²) < 4.78 is 13.6. The Labute approximate surface area is 187 Å². The lowest BCUT2D eigenvalue weighted by molar-refractivity contribution is 0.104. The standard InChI is InChI=1S/C24H20Br2O3/c1-2-28-23-15-18(10-13-22(27)19-6-4-3-5-7-19)14-21(26)24(23)29-16-17-8-11-20(25)12-9-17/h3-15H,2,16H2,1H3/b13-10+. The van der Waals surface area contributed by atoms with Gasteiger partial charge in [0.2, 0.25) is 0 Å². The maximum Gasteiger partial charge on any atom is 0.185 e. The maximum absolute atomic E-state index is 12.3. The van der Waals surface area contributed by atoms with Gasteiger partial charge in [0, 0.05) is 10.0 Å². The molecule has 0 spiro atoms. The summed E-state index contributed by atoms with van der Waals surface area (Å²) in [6.45, 7) is 2.86. The second kappa shape index (κ2) is 10.4. The molecule has 3 aromatic rings. The molecule has 0 saturated carbocycles. The van der Waals surface area contributed by atoms with Gasteiger partial charge < -0.3 is 9.47 Å². The molecule has 0 aliphatic rings. The van der Waals surface area contributed by atoms with E-state index in [0.717, 1.165) is 20.1 Å². The average molecular weight is 516 g/mol. The first-order valence-corrected chi connectivity index (χ1v) is 10.8. The van der Waals surface area contributed by atoms with Gasteiger partial charge in [-0.25, -0.2) is 0 Å². The predicted molar refractivity (Wildman–Crippen MR) is 124 cm³/mol. The van der Waals surface area contributed by atoms with Gasteiger partial charge in [-0.2, -0.15) is 0 Å². The first-order valence-electron chi connectivity index (χ1n) is 9.18. The van der Waals surface area contributed by atoms with Crippen LogP contribution >= 0.6 is 31.9 Å². The van der Waals surface area contributed by atoms with Gasteiger partial charge >= 0.3 is 0 Å². The molecule has 0 aromatic heterocycles. The Morgan fingerprint density at radius 2 is 1.69 bits per heavy atom. The normalized spacial score (nSPS) is 10.9. The zero-order valence-electron chi connectivity index (χ0n) is 15.9. The van der Waals surface area contributed by atoms with E-state index in [2.05, 4.69) is 31.9 Å². The van der Waals surface area contributed by atoms with Crippen molar-refractivity contribution in [3.8, 4) is 11.5 Å². The SMILES string of the molecule is CCOc1cc(/C=C/C(=O)c2ccccc2)cc(Br)c1OCc1ccc(Br)cc1. The molecule has 0 unspecified atom stereocenters. The third-order valence-electron chi connectivity index (χ3n) is 4.11. The van der Waals surface area contributed by atoms with Crippen LogP contribution in [0.15, 0.2) is 81.8 Å². The van der Waals surface area contributed by atoms with Crippen LogP contribution in [0, 0.1) is 0 Å². The molecular formula is C24H20Br2O3. The maximum atomic E-state index is 12.3. The van der Waals surface area contributed by atoms with Crippen LogP contribution in [-0.4, -0.2) is 12.4 Å². The van der Waals surface area contributed by atoms with E-state index in [1.165, 1.54) is 0 Å². The monoisotopic (exact) mass is 514 g/mol. The second-order valence-corrected chi connectivity index (χ2v) is 8.01. The van der Waals surface area contributed by atoms with Crippen LogP contribution in [0.1, 0.15) is 28.4 Å². The van der Waals surface area contributed by atoms with E-state index in [1.54, 1.807) is 24.3 Å². The molecular weight excluding hydrogens is 496 g/mol. The highest BCUT2D eigenvalue weighted by Crippen LogP contribution is 2.38. The van der Waals surface area contributed by atoms with Crippen LogP contribution in [0.2, 0.25) is 0 Å². The molecule has 29 heavy (non-hydrogen) atoms. The van der Waals surface area contributed by atoms with E-state index >= 15 is 0 Å². The number of benzene rings is 3. The van der Waals surface area contributed by atoms with E-state index in [4.69, 9.17) is 9.47 Å². The van der Waals surface area contributed by atoms with Gasteiger partial charge in [-0.05, 0) is 64.3 Å². The number of ether oxygens (including phenoxy) is 2. The Bertz CT molecular complexity index is 997. The van der Waals surface area contributed by atoms with Gasteiger partial charge in [0.05, 0.1) is 11.1 Å². The van der Waals surface area contributed by atoms with Crippen molar-refractivity contribution in [2.75, 3.05) is 6.61 Å². The molecule has 0 bridgehead atoms. The summed E-state index contributed by atoms with van der Waals surface area (Å²) in [5.41, 5.74) is 2.56. The first-order chi connectivity index (χ1) is 14.1. The topological polar surface area (TPSA) is 35.5 Å². The van der Waals surface area contributed by atoms with E-state index in [-0.39, 0.29) is 5.78 Å². The van der Waals surface area contributed by atoms with E-state index in [9.17, 15) is 4.79 Å². The first kappa shape index (κ1) is 21.3. The number of allylic oxidation sites excluding steroid dienone is 1. The molecule has 3 nitrogen and oxygen atoms in total. The minimum Gasteiger partial charge on any atom is -0.490 e. The number of halogens is 2. The van der Waals surface area contributed by atoms with Gasteiger partial charge in [0.1, 0.15) is 6.61 Å². The quantitative estimate of drug-likeness (QED) is 0.237. The lowest BCUT2D eigenvalue weighted by atomic mass is 10.1. The number of carbonyl (C=O) groups excluding carboxylic acids is 1. The third kappa shape index (κ3) is 6.05. The Morgan fingerprint density at radius 3 is 2.38 bits per heavy atom. The van der Waals surface area contributed by atoms with Gasteiger partial charge in [0.15, 0.2) is 17.3 Å². The molecule has 3 rings (SSSR count). The van der Waals surface area contributed by atoms with Crippen LogP contribution in [0.3, 0.4) is 0 Å². The van der Waals surface area contributed by atoms with Gasteiger partial charge in [-0.1, -0.05) is 64.5 Å². The summed E-state index contributed by atoms with van der Waals surface area (Å²) in [5.74, 6) is 1.22. The van der Waals surface area contributed by atoms with Gasteiger partial charge in [-0.15, -0.1) is 0 Å². The van der Waals surface area contributed by atoms with Crippen molar-refractivity contribution in [3.63, 3.8) is 0 Å². The van der Waals surface area contributed by atoms with E-state index in [1.807, 2.05) is 61.5 Å². The molecule has 148 valence electrons. The third-order valence-corrected chi connectivity index (χ3v) is 5.23. The van der Waals surface area contributed by atoms with Gasteiger partial charge in [-0.3, -0.25) is 4.79 Å². The summed E-state index contributed by atoms with van der Waals surface area (Å²) in [4.78, 5) is 12.3. The van der Waals surface area contributed by atoms with Crippen LogP contribution in [0.4, 0.5) is 0 Å². The number of hydrogen-bond donors (Lipinski definition) is 0. The minimum absolute atomic E-state index is 0.0461. The molecule has 0 N–H and O–H groups in total. The van der Waals surface area contributed by atoms with E-state index < -0.39 is 0 Å². The molecule has 0 fully saturated rings. The van der Waals surface area contributed by atoms with Crippen LogP contribution in [-0.2, 0) is 6.61 Å². The van der Waals surface area contributed by atoms with Crippen molar-refractivity contribution in [2.24, 2.45) is 0 Å². The highest BCUT2D eigenvalue weighted by Gasteiger charge is 2.12. The van der Waals surface area contributed by atoms with Crippen molar-refractivity contribution in [1.29, 1.82) is 0 Å².